The molecule has 0 saturated carbocycles. The maximum atomic E-state index is 13.2. The Hall–Kier alpha value is -4.17. The second-order valence-corrected chi connectivity index (χ2v) is 7.82. The van der Waals surface area contributed by atoms with E-state index in [0.717, 1.165) is 43.0 Å². The number of rotatable bonds is 9. The topological polar surface area (TPSA) is 114 Å². The highest BCUT2D eigenvalue weighted by molar-refractivity contribution is 5.94. The highest BCUT2D eigenvalue weighted by Crippen LogP contribution is 2.34. The number of halogens is 3. The van der Waals surface area contributed by atoms with Crippen molar-refractivity contribution in [2.45, 2.75) is 19.1 Å². The minimum Gasteiger partial charge on any atom is -0.385 e. The van der Waals surface area contributed by atoms with E-state index in [1.54, 1.807) is 0 Å². The summed E-state index contributed by atoms with van der Waals surface area (Å²) in [5, 5.41) is 19.3. The Balaban J connectivity index is 1.53. The second-order valence-electron chi connectivity index (χ2n) is 7.82. The van der Waals surface area contributed by atoms with Crippen LogP contribution in [0.3, 0.4) is 0 Å². The maximum Gasteiger partial charge on any atom is 0.417 e. The van der Waals surface area contributed by atoms with E-state index in [0.29, 0.717) is 12.1 Å². The van der Waals surface area contributed by atoms with Crippen LogP contribution in [-0.4, -0.2) is 40.1 Å². The summed E-state index contributed by atoms with van der Waals surface area (Å²) in [5.74, 6) is 0.252. The molecule has 0 atom stereocenters. The van der Waals surface area contributed by atoms with Crippen molar-refractivity contribution >= 4 is 22.7 Å². The summed E-state index contributed by atoms with van der Waals surface area (Å²) in [5.41, 5.74) is 2.11. The van der Waals surface area contributed by atoms with Crippen molar-refractivity contribution in [1.82, 2.24) is 25.3 Å². The van der Waals surface area contributed by atoms with Crippen molar-refractivity contribution in [2.75, 3.05) is 30.8 Å². The Morgan fingerprint density at radius 2 is 1.86 bits per heavy atom. The zero-order valence-electron chi connectivity index (χ0n) is 18.9. The van der Waals surface area contributed by atoms with Crippen LogP contribution in [0.2, 0.25) is 0 Å². The van der Waals surface area contributed by atoms with E-state index in [9.17, 15) is 18.4 Å². The number of benzene rings is 1. The summed E-state index contributed by atoms with van der Waals surface area (Å²) < 4.78 is 39.6. The summed E-state index contributed by atoms with van der Waals surface area (Å²) in [6.07, 6.45) is 0.0892. The van der Waals surface area contributed by atoms with Crippen molar-refractivity contribution in [2.24, 2.45) is 0 Å². The van der Waals surface area contributed by atoms with E-state index in [1.165, 1.54) is 12.4 Å². The first-order valence-corrected chi connectivity index (χ1v) is 10.9. The lowest BCUT2D eigenvalue weighted by molar-refractivity contribution is -0.137. The van der Waals surface area contributed by atoms with E-state index in [1.807, 2.05) is 37.4 Å². The molecule has 1 aromatic carbocycles. The number of aromatic nitrogens is 4. The summed E-state index contributed by atoms with van der Waals surface area (Å²) in [6.45, 7) is 2.24. The minimum absolute atomic E-state index is 0.141. The molecule has 0 spiro atoms. The molecule has 4 rings (SSSR count). The summed E-state index contributed by atoms with van der Waals surface area (Å²) in [4.78, 5) is 15.3. The van der Waals surface area contributed by atoms with E-state index < -0.39 is 11.7 Å². The summed E-state index contributed by atoms with van der Waals surface area (Å²) >= 11 is 0. The van der Waals surface area contributed by atoms with Crippen molar-refractivity contribution < 1.29 is 13.2 Å². The predicted octanol–water partition coefficient (Wildman–Crippen LogP) is 4.54. The fraction of sp³-hybridized carbons (Fsp3) is 0.250. The summed E-state index contributed by atoms with van der Waals surface area (Å²) in [6, 6.07) is 10.9. The summed E-state index contributed by atoms with van der Waals surface area (Å²) in [7, 11) is 1.92. The first-order valence-electron chi connectivity index (χ1n) is 10.9. The highest BCUT2D eigenvalue weighted by atomic mass is 19.4. The molecule has 0 amide bonds. The molecule has 0 bridgehead atoms. The molecule has 11 heteroatoms. The number of nitrogens with zero attached hydrogens (tertiary/aromatic N) is 4. The van der Waals surface area contributed by atoms with Gasteiger partial charge in [-0.1, -0.05) is 12.1 Å². The third-order valence-electron chi connectivity index (χ3n) is 5.36. The van der Waals surface area contributed by atoms with E-state index in [4.69, 9.17) is 0 Å². The zero-order valence-corrected chi connectivity index (χ0v) is 18.9. The standard InChI is InChI=1S/C24H23F3N8/c1-29-7-2-8-30-18-5-3-15(4-6-18)11-33-23-34-12-16(10-28)21(35-23)20-14-32-22-19(20)9-17(13-31-22)24(25,26)27/h3-6,9,12-14,29-30H,2,7-8,11H2,1H3,(H,31,32)(H,33,34,35). The van der Waals surface area contributed by atoms with E-state index >= 15 is 0 Å². The smallest absolute Gasteiger partial charge is 0.385 e. The lowest BCUT2D eigenvalue weighted by atomic mass is 10.1. The van der Waals surface area contributed by atoms with Crippen molar-refractivity contribution in [3.63, 3.8) is 0 Å². The van der Waals surface area contributed by atoms with Crippen LogP contribution in [0.1, 0.15) is 23.1 Å². The van der Waals surface area contributed by atoms with Gasteiger partial charge in [0.15, 0.2) is 0 Å². The first-order chi connectivity index (χ1) is 16.9. The largest absolute Gasteiger partial charge is 0.417 e. The number of nitrogens with one attached hydrogen (secondary N) is 4. The Morgan fingerprint density at radius 1 is 1.06 bits per heavy atom. The Bertz CT molecular complexity index is 1340. The van der Waals surface area contributed by atoms with Crippen LogP contribution in [0.4, 0.5) is 24.8 Å². The van der Waals surface area contributed by atoms with Crippen LogP contribution in [-0.2, 0) is 12.7 Å². The number of pyridine rings is 1. The Morgan fingerprint density at radius 3 is 2.57 bits per heavy atom. The lowest BCUT2D eigenvalue weighted by Gasteiger charge is -2.10. The molecule has 0 unspecified atom stereocenters. The third kappa shape index (κ3) is 5.67. The molecule has 3 aromatic heterocycles. The minimum atomic E-state index is -4.54. The number of hydrogen-bond donors (Lipinski definition) is 4. The number of aromatic amines is 1. The van der Waals surface area contributed by atoms with Gasteiger partial charge in [-0.3, -0.25) is 0 Å². The fourth-order valence-corrected chi connectivity index (χ4v) is 3.53. The quantitative estimate of drug-likeness (QED) is 0.260. The van der Waals surface area contributed by atoms with Gasteiger partial charge in [-0.15, -0.1) is 0 Å². The van der Waals surface area contributed by atoms with Gasteiger partial charge in [-0.2, -0.15) is 18.4 Å². The molecule has 4 aromatic rings. The van der Waals surface area contributed by atoms with Crippen LogP contribution in [0.15, 0.2) is 48.9 Å². The number of hydrogen-bond acceptors (Lipinski definition) is 7. The van der Waals surface area contributed by atoms with Crippen LogP contribution < -0.4 is 16.0 Å². The van der Waals surface area contributed by atoms with Crippen molar-refractivity contribution in [1.29, 1.82) is 5.26 Å². The SMILES string of the molecule is CNCCCNc1ccc(CNc2ncc(C#N)c(-c3c[nH]c4ncc(C(F)(F)F)cc34)n2)cc1. The van der Waals surface area contributed by atoms with Gasteiger partial charge in [0.05, 0.1) is 23.0 Å². The average Bonchev–Trinajstić information content (AvgIpc) is 3.29. The Kier molecular flexibility index (Phi) is 7.12. The molecule has 0 aliphatic rings. The van der Waals surface area contributed by atoms with Crippen molar-refractivity contribution in [3.8, 4) is 17.3 Å². The molecular weight excluding hydrogens is 457 g/mol. The molecule has 0 aliphatic heterocycles. The van der Waals surface area contributed by atoms with Gasteiger partial charge in [-0.05, 0) is 43.8 Å². The third-order valence-corrected chi connectivity index (χ3v) is 5.36. The normalized spacial score (nSPS) is 11.4. The number of fused-ring (bicyclic) bond motifs is 1. The van der Waals surface area contributed by atoms with Gasteiger partial charge in [0, 0.05) is 42.1 Å². The molecule has 0 fully saturated rings. The fourth-order valence-electron chi connectivity index (χ4n) is 3.53. The van der Waals surface area contributed by atoms with Gasteiger partial charge in [0.2, 0.25) is 5.95 Å². The van der Waals surface area contributed by atoms with Gasteiger partial charge >= 0.3 is 6.18 Å². The van der Waals surface area contributed by atoms with Gasteiger partial charge < -0.3 is 20.9 Å². The molecule has 180 valence electrons. The molecule has 0 radical (unpaired) electrons. The van der Waals surface area contributed by atoms with Gasteiger partial charge in [-0.25, -0.2) is 15.0 Å². The van der Waals surface area contributed by atoms with E-state index in [-0.39, 0.29) is 28.2 Å². The first kappa shape index (κ1) is 24.0. The zero-order chi connectivity index (χ0) is 24.8. The predicted molar refractivity (Wildman–Crippen MR) is 128 cm³/mol. The van der Waals surface area contributed by atoms with Crippen LogP contribution in [0.5, 0.6) is 0 Å². The molecule has 4 N–H and O–H groups in total. The van der Waals surface area contributed by atoms with Gasteiger partial charge in [0.1, 0.15) is 11.7 Å². The molecule has 8 nitrogen and oxygen atoms in total. The molecular formula is C24H23F3N8. The van der Waals surface area contributed by atoms with Crippen LogP contribution >= 0.6 is 0 Å². The van der Waals surface area contributed by atoms with Crippen LogP contribution in [0.25, 0.3) is 22.3 Å². The van der Waals surface area contributed by atoms with E-state index in [2.05, 4.69) is 35.9 Å². The highest BCUT2D eigenvalue weighted by Gasteiger charge is 2.31. The van der Waals surface area contributed by atoms with Crippen molar-refractivity contribution in [3.05, 3.63) is 65.6 Å². The Labute approximate surface area is 199 Å². The van der Waals surface area contributed by atoms with Gasteiger partial charge in [0.25, 0.3) is 0 Å². The number of anilines is 2. The number of H-pyrrole nitrogens is 1. The van der Waals surface area contributed by atoms with Crippen LogP contribution in [0, 0.1) is 11.3 Å². The molecule has 0 saturated heterocycles. The number of nitriles is 1. The molecule has 0 aliphatic carbocycles. The monoisotopic (exact) mass is 480 g/mol. The second kappa shape index (κ2) is 10.4. The average molecular weight is 480 g/mol. The molecule has 35 heavy (non-hydrogen) atoms. The molecule has 3 heterocycles. The maximum absolute atomic E-state index is 13.2. The number of alkyl halides is 3. The lowest BCUT2D eigenvalue weighted by Crippen LogP contribution is -2.12.